The molecule has 144 valence electrons. The third-order valence-electron chi connectivity index (χ3n) is 4.34. The topological polar surface area (TPSA) is 50.8 Å². The maximum atomic E-state index is 13.8. The molecule has 1 atom stereocenters. The summed E-state index contributed by atoms with van der Waals surface area (Å²) in [5.41, 5.74) is 1.37. The Bertz CT molecular complexity index is 740. The van der Waals surface area contributed by atoms with Gasteiger partial charge in [-0.05, 0) is 17.7 Å². The maximum Gasteiger partial charge on any atom is 0.410 e. The summed E-state index contributed by atoms with van der Waals surface area (Å²) in [6.07, 6.45) is -0.544. The van der Waals surface area contributed by atoms with Crippen molar-refractivity contribution >= 4 is 17.7 Å². The van der Waals surface area contributed by atoms with Gasteiger partial charge in [0.05, 0.1) is 19.3 Å². The zero-order valence-corrected chi connectivity index (χ0v) is 15.6. The fourth-order valence-electron chi connectivity index (χ4n) is 2.88. The summed E-state index contributed by atoms with van der Waals surface area (Å²) < 4.78 is 24.8. The molecular formula is C20H22ClFN2O3. The van der Waals surface area contributed by atoms with E-state index >= 15 is 0 Å². The Hall–Kier alpha value is -2.15. The van der Waals surface area contributed by atoms with Crippen LogP contribution >= 0.6 is 11.6 Å². The van der Waals surface area contributed by atoms with Gasteiger partial charge in [0, 0.05) is 30.2 Å². The van der Waals surface area contributed by atoms with Crippen molar-refractivity contribution in [3.05, 3.63) is 70.5 Å². The summed E-state index contributed by atoms with van der Waals surface area (Å²) in [4.78, 5) is 13.9. The molecule has 0 radical (unpaired) electrons. The Morgan fingerprint density at radius 3 is 2.85 bits per heavy atom. The van der Waals surface area contributed by atoms with Gasteiger partial charge in [0.2, 0.25) is 0 Å². The van der Waals surface area contributed by atoms with Gasteiger partial charge in [-0.25, -0.2) is 9.18 Å². The lowest BCUT2D eigenvalue weighted by Gasteiger charge is -2.32. The van der Waals surface area contributed by atoms with Gasteiger partial charge in [-0.15, -0.1) is 0 Å². The van der Waals surface area contributed by atoms with Crippen LogP contribution < -0.4 is 5.32 Å². The van der Waals surface area contributed by atoms with Crippen molar-refractivity contribution in [3.63, 3.8) is 0 Å². The zero-order valence-electron chi connectivity index (χ0n) is 14.9. The van der Waals surface area contributed by atoms with Gasteiger partial charge in [-0.3, -0.25) is 0 Å². The summed E-state index contributed by atoms with van der Waals surface area (Å²) in [5.74, 6) is -0.342. The lowest BCUT2D eigenvalue weighted by atomic mass is 10.2. The molecular weight excluding hydrogens is 371 g/mol. The number of benzene rings is 2. The van der Waals surface area contributed by atoms with Crippen molar-refractivity contribution in [2.45, 2.75) is 19.3 Å². The van der Waals surface area contributed by atoms with Crippen molar-refractivity contribution in [1.29, 1.82) is 0 Å². The first-order valence-electron chi connectivity index (χ1n) is 8.84. The van der Waals surface area contributed by atoms with E-state index in [9.17, 15) is 9.18 Å². The molecule has 2 aromatic carbocycles. The van der Waals surface area contributed by atoms with Gasteiger partial charge < -0.3 is 19.7 Å². The van der Waals surface area contributed by atoms with Crippen LogP contribution in [-0.2, 0) is 22.6 Å². The van der Waals surface area contributed by atoms with Crippen molar-refractivity contribution in [2.24, 2.45) is 0 Å². The summed E-state index contributed by atoms with van der Waals surface area (Å²) in [7, 11) is 0. The molecule has 0 aromatic heterocycles. The quantitative estimate of drug-likeness (QED) is 0.816. The highest BCUT2D eigenvalue weighted by atomic mass is 35.5. The number of ether oxygens (including phenoxy) is 2. The zero-order chi connectivity index (χ0) is 19.1. The molecule has 27 heavy (non-hydrogen) atoms. The van der Waals surface area contributed by atoms with E-state index in [4.69, 9.17) is 21.1 Å². The third kappa shape index (κ3) is 5.66. The molecule has 1 heterocycles. The van der Waals surface area contributed by atoms with Crippen LogP contribution in [0.4, 0.5) is 9.18 Å². The van der Waals surface area contributed by atoms with E-state index in [2.05, 4.69) is 5.32 Å². The van der Waals surface area contributed by atoms with Crippen LogP contribution in [0.3, 0.4) is 0 Å². The monoisotopic (exact) mass is 392 g/mol. The minimum Gasteiger partial charge on any atom is -0.445 e. The molecule has 2 aromatic rings. The standard InChI is InChI=1S/C20H22ClFN2O3/c21-18-7-4-8-19(22)17(18)12-23-11-16-13-24(9-10-26-16)20(25)27-14-15-5-2-1-3-6-15/h1-8,16,23H,9-14H2. The Balaban J connectivity index is 1.44. The first-order valence-corrected chi connectivity index (χ1v) is 9.22. The normalized spacial score (nSPS) is 17.0. The van der Waals surface area contributed by atoms with Crippen LogP contribution in [0, 0.1) is 5.82 Å². The molecule has 1 fully saturated rings. The van der Waals surface area contributed by atoms with E-state index < -0.39 is 0 Å². The fraction of sp³-hybridized carbons (Fsp3) is 0.350. The SMILES string of the molecule is O=C(OCc1ccccc1)N1CCOC(CNCc2c(F)cccc2Cl)C1. The number of nitrogens with one attached hydrogen (secondary N) is 1. The molecule has 0 bridgehead atoms. The summed E-state index contributed by atoms with van der Waals surface area (Å²) in [6.45, 7) is 2.37. The van der Waals surface area contributed by atoms with Crippen LogP contribution in [0.5, 0.6) is 0 Å². The molecule has 1 N–H and O–H groups in total. The van der Waals surface area contributed by atoms with Gasteiger partial charge >= 0.3 is 6.09 Å². The average molecular weight is 393 g/mol. The molecule has 1 unspecified atom stereocenters. The predicted molar refractivity (Wildman–Crippen MR) is 101 cm³/mol. The van der Waals surface area contributed by atoms with E-state index in [1.54, 1.807) is 17.0 Å². The number of morpholine rings is 1. The van der Waals surface area contributed by atoms with Crippen molar-refractivity contribution in [3.8, 4) is 0 Å². The Morgan fingerprint density at radius 2 is 2.07 bits per heavy atom. The molecule has 0 aliphatic carbocycles. The summed E-state index contributed by atoms with van der Waals surface area (Å²) in [5, 5.41) is 3.53. The van der Waals surface area contributed by atoms with E-state index in [1.165, 1.54) is 6.07 Å². The smallest absolute Gasteiger partial charge is 0.410 e. The predicted octanol–water partition coefficient (Wildman–Crippen LogP) is 3.61. The Labute approximate surface area is 163 Å². The molecule has 1 aliphatic rings. The van der Waals surface area contributed by atoms with Crippen LogP contribution in [0.1, 0.15) is 11.1 Å². The van der Waals surface area contributed by atoms with E-state index in [1.807, 2.05) is 30.3 Å². The van der Waals surface area contributed by atoms with Crippen LogP contribution in [0.15, 0.2) is 48.5 Å². The van der Waals surface area contributed by atoms with Crippen molar-refractivity contribution < 1.29 is 18.7 Å². The van der Waals surface area contributed by atoms with Crippen LogP contribution in [-0.4, -0.2) is 43.3 Å². The van der Waals surface area contributed by atoms with Crippen molar-refractivity contribution in [2.75, 3.05) is 26.2 Å². The molecule has 3 rings (SSSR count). The van der Waals surface area contributed by atoms with Gasteiger partial charge in [0.15, 0.2) is 0 Å². The molecule has 5 nitrogen and oxygen atoms in total. The number of carbonyl (C=O) groups excluding carboxylic acids is 1. The number of hydrogen-bond acceptors (Lipinski definition) is 4. The highest BCUT2D eigenvalue weighted by Gasteiger charge is 2.25. The molecule has 0 saturated carbocycles. The van der Waals surface area contributed by atoms with Crippen LogP contribution in [0.2, 0.25) is 5.02 Å². The molecule has 7 heteroatoms. The second-order valence-corrected chi connectivity index (χ2v) is 6.72. The molecule has 1 aliphatic heterocycles. The lowest BCUT2D eigenvalue weighted by Crippen LogP contribution is -2.49. The second kappa shape index (κ2) is 9.69. The highest BCUT2D eigenvalue weighted by Crippen LogP contribution is 2.18. The number of amides is 1. The molecule has 0 spiro atoms. The average Bonchev–Trinajstić information content (AvgIpc) is 2.69. The van der Waals surface area contributed by atoms with Gasteiger partial charge in [-0.1, -0.05) is 48.0 Å². The number of carbonyl (C=O) groups is 1. The maximum absolute atomic E-state index is 13.8. The first kappa shape index (κ1) is 19.6. The number of halogens is 2. The third-order valence-corrected chi connectivity index (χ3v) is 4.69. The van der Waals surface area contributed by atoms with Crippen LogP contribution in [0.25, 0.3) is 0 Å². The second-order valence-electron chi connectivity index (χ2n) is 6.31. The van der Waals surface area contributed by atoms with Gasteiger partial charge in [0.1, 0.15) is 12.4 Å². The fourth-order valence-corrected chi connectivity index (χ4v) is 3.11. The summed E-state index contributed by atoms with van der Waals surface area (Å²) >= 11 is 6.02. The number of rotatable bonds is 6. The Kier molecular flexibility index (Phi) is 7.04. The first-order chi connectivity index (χ1) is 13.1. The minimum absolute atomic E-state index is 0.187. The number of hydrogen-bond donors (Lipinski definition) is 1. The highest BCUT2D eigenvalue weighted by molar-refractivity contribution is 6.31. The largest absolute Gasteiger partial charge is 0.445 e. The number of nitrogens with zero attached hydrogens (tertiary/aromatic N) is 1. The molecule has 1 amide bonds. The van der Waals surface area contributed by atoms with E-state index in [0.717, 1.165) is 5.56 Å². The van der Waals surface area contributed by atoms with E-state index in [-0.39, 0.29) is 24.6 Å². The summed E-state index contributed by atoms with van der Waals surface area (Å²) in [6, 6.07) is 14.2. The van der Waals surface area contributed by atoms with Gasteiger partial charge in [-0.2, -0.15) is 0 Å². The van der Waals surface area contributed by atoms with Crippen molar-refractivity contribution in [1.82, 2.24) is 10.2 Å². The van der Waals surface area contributed by atoms with E-state index in [0.29, 0.717) is 43.4 Å². The molecule has 1 saturated heterocycles. The lowest BCUT2D eigenvalue weighted by molar-refractivity contribution is -0.0271. The van der Waals surface area contributed by atoms with Gasteiger partial charge in [0.25, 0.3) is 0 Å². The Morgan fingerprint density at radius 1 is 1.26 bits per heavy atom. The minimum atomic E-state index is -0.357.